The van der Waals surface area contributed by atoms with E-state index in [-0.39, 0.29) is 19.5 Å². The molecule has 0 fully saturated rings. The third kappa shape index (κ3) is 7.80. The monoisotopic (exact) mass is 708 g/mol. The molecule has 0 radical (unpaired) electrons. The molecular formula is C29H18ClF3N6O4Ru. The van der Waals surface area contributed by atoms with Crippen LogP contribution in [0.15, 0.2) is 104 Å². The minimum absolute atomic E-state index is 0. The number of benzene rings is 2. The van der Waals surface area contributed by atoms with Gasteiger partial charge in [0.2, 0.25) is 0 Å². The summed E-state index contributed by atoms with van der Waals surface area (Å²) < 4.78 is 72.3. The molecule has 0 spiro atoms. The molecule has 15 heteroatoms. The van der Waals surface area contributed by atoms with Gasteiger partial charge < -0.3 is 9.97 Å². The number of hydrogen-bond donors (Lipinski definition) is 1. The number of aromatic nitrogens is 6. The summed E-state index contributed by atoms with van der Waals surface area (Å²) in [6, 6.07) is 22.2. The smallest absolute Gasteiger partial charge is 0.662 e. The fourth-order valence-electron chi connectivity index (χ4n) is 4.26. The number of H-pyrrole nitrogens is 1. The van der Waals surface area contributed by atoms with Crippen LogP contribution in [0, 0.1) is 10.2 Å². The van der Waals surface area contributed by atoms with E-state index in [0.717, 1.165) is 56.4 Å². The Bertz CT molecular complexity index is 1920. The molecule has 0 amide bonds. The normalized spacial score (nSPS) is 11.3. The molecule has 0 unspecified atom stereocenters. The Morgan fingerprint density at radius 2 is 1.30 bits per heavy atom. The molecule has 0 aliphatic heterocycles. The molecule has 0 atom stereocenters. The maximum atomic E-state index is 12.8. The summed E-state index contributed by atoms with van der Waals surface area (Å²) in [6.45, 7) is 0. The number of hydrogen-bond acceptors (Lipinski definition) is 8. The fourth-order valence-corrected chi connectivity index (χ4v) is 4.26. The van der Waals surface area contributed by atoms with Crippen molar-refractivity contribution in [3.63, 3.8) is 0 Å². The SMILES string of the molecule is FC(F)(F)c1ccc(-c2nc3c4ccc[n-]c4c4nccc4c3[nH]2)cc1.[O-][Cl+3]([O-])([O-])[O-].[Ru+2].c1ccc(-c2ccccn2)nc1. The predicted molar refractivity (Wildman–Crippen MR) is 140 cm³/mol. The van der Waals surface area contributed by atoms with E-state index < -0.39 is 22.0 Å². The number of halogens is 4. The zero-order valence-electron chi connectivity index (χ0n) is 22.0. The summed E-state index contributed by atoms with van der Waals surface area (Å²) in [5, 5.41) is 1.74. The second-order valence-electron chi connectivity index (χ2n) is 8.80. The molecule has 0 aliphatic carbocycles. The van der Waals surface area contributed by atoms with Crippen molar-refractivity contribution in [2.75, 3.05) is 0 Å². The summed E-state index contributed by atoms with van der Waals surface area (Å²) in [5.41, 5.74) is 4.78. The van der Waals surface area contributed by atoms with Crippen LogP contribution in [0.2, 0.25) is 0 Å². The first-order chi connectivity index (χ1) is 20.5. The van der Waals surface area contributed by atoms with Gasteiger partial charge in [0.05, 0.1) is 33.5 Å². The van der Waals surface area contributed by atoms with E-state index in [1.165, 1.54) is 12.1 Å². The molecule has 44 heavy (non-hydrogen) atoms. The van der Waals surface area contributed by atoms with Gasteiger partial charge in [-0.1, -0.05) is 36.4 Å². The van der Waals surface area contributed by atoms with Crippen LogP contribution in [0.3, 0.4) is 0 Å². The summed E-state index contributed by atoms with van der Waals surface area (Å²) in [4.78, 5) is 25.0. The third-order valence-corrected chi connectivity index (χ3v) is 6.04. The Hall–Kier alpha value is -4.30. The van der Waals surface area contributed by atoms with E-state index in [4.69, 9.17) is 18.6 Å². The van der Waals surface area contributed by atoms with Crippen LogP contribution in [0.25, 0.3) is 55.6 Å². The van der Waals surface area contributed by atoms with Gasteiger partial charge in [-0.3, -0.25) is 15.0 Å². The van der Waals surface area contributed by atoms with Crippen molar-refractivity contribution in [1.82, 2.24) is 29.9 Å². The van der Waals surface area contributed by atoms with Crippen molar-refractivity contribution < 1.29 is 61.5 Å². The van der Waals surface area contributed by atoms with Crippen molar-refractivity contribution in [1.29, 1.82) is 0 Å². The Labute approximate surface area is 261 Å². The topological polar surface area (TPSA) is 174 Å². The summed E-state index contributed by atoms with van der Waals surface area (Å²) in [7, 11) is -4.94. The number of rotatable bonds is 2. The number of aromatic amines is 1. The number of alkyl halides is 3. The maximum absolute atomic E-state index is 12.8. The van der Waals surface area contributed by atoms with Crippen molar-refractivity contribution in [3.8, 4) is 22.8 Å². The van der Waals surface area contributed by atoms with Crippen LogP contribution < -0.4 is 23.6 Å². The minimum Gasteiger partial charge on any atom is -0.662 e. The first-order valence-corrected chi connectivity index (χ1v) is 13.5. The molecule has 1 N–H and O–H groups in total. The van der Waals surface area contributed by atoms with Crippen LogP contribution in [-0.4, -0.2) is 24.9 Å². The van der Waals surface area contributed by atoms with E-state index in [2.05, 4.69) is 29.9 Å². The standard InChI is InChI=1S/C19H10F3N4.C10H8N2.ClHO4.Ru/c20-19(21,22)11-5-3-10(4-6-11)18-25-16-12-2-1-8-23-14(12)15-13(7-9-24-15)17(16)26-18;1-3-7-11-9(5-1)10-6-2-4-8-12-10;2-1(3,4)5;/h1-9H,(H,25,26);1-8H;(H,2,3,4,5);/q-1;;;+2/p-1. The van der Waals surface area contributed by atoms with Crippen LogP contribution in [-0.2, 0) is 25.7 Å². The van der Waals surface area contributed by atoms with Gasteiger partial charge in [-0.25, -0.2) is 23.6 Å². The van der Waals surface area contributed by atoms with Gasteiger partial charge in [0.15, 0.2) is 0 Å². The van der Waals surface area contributed by atoms with E-state index in [1.54, 1.807) is 24.8 Å². The van der Waals surface area contributed by atoms with Crippen LogP contribution >= 0.6 is 0 Å². The number of fused-ring (bicyclic) bond motifs is 6. The zero-order chi connectivity index (χ0) is 30.6. The van der Waals surface area contributed by atoms with Crippen LogP contribution in [0.4, 0.5) is 13.2 Å². The van der Waals surface area contributed by atoms with Gasteiger partial charge in [0.25, 0.3) is 0 Å². The minimum atomic E-state index is -4.94. The Kier molecular flexibility index (Phi) is 10.0. The molecule has 7 rings (SSSR count). The summed E-state index contributed by atoms with van der Waals surface area (Å²) >= 11 is 0. The average Bonchev–Trinajstić information content (AvgIpc) is 3.66. The van der Waals surface area contributed by atoms with Gasteiger partial charge in [-0.2, -0.15) is 19.4 Å². The number of imidazole rings is 1. The molecule has 5 aromatic heterocycles. The number of pyridine rings is 3. The van der Waals surface area contributed by atoms with Gasteiger partial charge in [0, 0.05) is 29.5 Å². The van der Waals surface area contributed by atoms with Crippen molar-refractivity contribution in [2.24, 2.45) is 0 Å². The third-order valence-electron chi connectivity index (χ3n) is 6.04. The quantitative estimate of drug-likeness (QED) is 0.265. The molecule has 0 saturated carbocycles. The Balaban J connectivity index is 0.000000204. The average molecular weight is 708 g/mol. The second kappa shape index (κ2) is 13.6. The molecule has 2 aromatic carbocycles. The van der Waals surface area contributed by atoms with Gasteiger partial charge >= 0.3 is 25.7 Å². The first kappa shape index (κ1) is 32.6. The van der Waals surface area contributed by atoms with E-state index in [1.807, 2.05) is 54.6 Å². The molecule has 224 valence electrons. The van der Waals surface area contributed by atoms with E-state index in [9.17, 15) is 13.2 Å². The number of nitrogens with zero attached hydrogens (tertiary/aromatic N) is 5. The van der Waals surface area contributed by atoms with Crippen LogP contribution in [0.5, 0.6) is 0 Å². The fraction of sp³-hybridized carbons (Fsp3) is 0.0345. The predicted octanol–water partition coefficient (Wildman–Crippen LogP) is 2.29. The van der Waals surface area contributed by atoms with E-state index >= 15 is 0 Å². The molecule has 5 heterocycles. The first-order valence-electron chi connectivity index (χ1n) is 12.3. The molecule has 0 aliphatic rings. The van der Waals surface area contributed by atoms with Gasteiger partial charge in [-0.15, -0.1) is 15.8 Å². The van der Waals surface area contributed by atoms with Crippen LogP contribution in [0.1, 0.15) is 5.56 Å². The summed E-state index contributed by atoms with van der Waals surface area (Å²) in [5.74, 6) is 0.507. The largest absolute Gasteiger partial charge is 2.00 e. The molecule has 0 bridgehead atoms. The van der Waals surface area contributed by atoms with E-state index in [0.29, 0.717) is 11.4 Å². The second-order valence-corrected chi connectivity index (χ2v) is 9.55. The van der Waals surface area contributed by atoms with Crippen molar-refractivity contribution >= 4 is 32.8 Å². The maximum Gasteiger partial charge on any atom is 2.00 e. The Morgan fingerprint density at radius 1 is 0.682 bits per heavy atom. The zero-order valence-corrected chi connectivity index (χ0v) is 24.5. The summed E-state index contributed by atoms with van der Waals surface area (Å²) in [6.07, 6.45) is 2.58. The van der Waals surface area contributed by atoms with Crippen molar-refractivity contribution in [2.45, 2.75) is 6.18 Å². The molecule has 0 saturated heterocycles. The molecule has 10 nitrogen and oxygen atoms in total. The van der Waals surface area contributed by atoms with Gasteiger partial charge in [-0.05, 0) is 47.9 Å². The van der Waals surface area contributed by atoms with Crippen molar-refractivity contribution in [3.05, 3.63) is 109 Å². The number of nitrogens with one attached hydrogen (secondary N) is 1. The Morgan fingerprint density at radius 3 is 1.84 bits per heavy atom. The molecular weight excluding hydrogens is 690 g/mol. The molecule has 7 aromatic rings. The van der Waals surface area contributed by atoms with Gasteiger partial charge in [0.1, 0.15) is 5.82 Å².